The second-order valence-electron chi connectivity index (χ2n) is 6.94. The molecule has 2 amide bonds. The molecule has 1 fully saturated rings. The van der Waals surface area contributed by atoms with Gasteiger partial charge in [0.05, 0.1) is 17.5 Å². The molecule has 138 valence electrons. The van der Waals surface area contributed by atoms with Crippen molar-refractivity contribution < 1.29 is 9.59 Å². The van der Waals surface area contributed by atoms with E-state index in [-0.39, 0.29) is 11.8 Å². The first kappa shape index (κ1) is 18.5. The number of nitrogens with one attached hydrogen (secondary N) is 1. The minimum atomic E-state index is -0.0698. The average Bonchev–Trinajstić information content (AvgIpc) is 3.11. The summed E-state index contributed by atoms with van der Waals surface area (Å²) in [5.41, 5.74) is 2.08. The normalized spacial score (nSPS) is 14.8. The van der Waals surface area contributed by atoms with Gasteiger partial charge in [0.2, 0.25) is 5.91 Å². The Hall–Kier alpha value is -2.34. The Bertz CT molecular complexity index is 777. The third kappa shape index (κ3) is 4.07. The van der Waals surface area contributed by atoms with E-state index in [0.717, 1.165) is 5.56 Å². The summed E-state index contributed by atoms with van der Waals surface area (Å²) in [6.07, 6.45) is 2.11. The van der Waals surface area contributed by atoms with Gasteiger partial charge in [-0.2, -0.15) is 5.10 Å². The lowest BCUT2D eigenvalue weighted by atomic mass is 10.1. The van der Waals surface area contributed by atoms with Crippen molar-refractivity contribution in [3.63, 3.8) is 0 Å². The van der Waals surface area contributed by atoms with Gasteiger partial charge >= 0.3 is 0 Å². The molecular weight excluding hydrogens is 352 g/mol. The maximum Gasteiger partial charge on any atom is 0.257 e. The lowest BCUT2D eigenvalue weighted by Crippen LogP contribution is -2.50. The second kappa shape index (κ2) is 7.91. The van der Waals surface area contributed by atoms with Crippen LogP contribution < -0.4 is 0 Å². The zero-order valence-corrected chi connectivity index (χ0v) is 15.8. The van der Waals surface area contributed by atoms with Crippen molar-refractivity contribution in [3.05, 3.63) is 41.0 Å². The van der Waals surface area contributed by atoms with E-state index in [9.17, 15) is 9.59 Å². The third-order valence-electron chi connectivity index (χ3n) is 4.51. The van der Waals surface area contributed by atoms with E-state index >= 15 is 0 Å². The van der Waals surface area contributed by atoms with E-state index in [2.05, 4.69) is 10.2 Å². The van der Waals surface area contributed by atoms with Crippen molar-refractivity contribution in [1.82, 2.24) is 20.0 Å². The fourth-order valence-corrected chi connectivity index (χ4v) is 3.22. The molecule has 2 aromatic rings. The summed E-state index contributed by atoms with van der Waals surface area (Å²) in [6, 6.07) is 7.28. The average molecular weight is 375 g/mol. The number of benzene rings is 1. The van der Waals surface area contributed by atoms with Crippen LogP contribution in [-0.4, -0.2) is 58.0 Å². The van der Waals surface area contributed by atoms with Gasteiger partial charge in [0.1, 0.15) is 0 Å². The molecule has 0 unspecified atom stereocenters. The van der Waals surface area contributed by atoms with E-state index in [0.29, 0.717) is 54.8 Å². The van der Waals surface area contributed by atoms with Crippen LogP contribution in [0.25, 0.3) is 11.3 Å². The van der Waals surface area contributed by atoms with Gasteiger partial charge in [0.15, 0.2) is 0 Å². The molecule has 3 rings (SSSR count). The van der Waals surface area contributed by atoms with Crippen LogP contribution in [0, 0.1) is 5.92 Å². The van der Waals surface area contributed by atoms with Crippen LogP contribution in [0.1, 0.15) is 30.6 Å². The molecule has 1 N–H and O–H groups in total. The van der Waals surface area contributed by atoms with E-state index in [4.69, 9.17) is 11.6 Å². The molecule has 7 heteroatoms. The monoisotopic (exact) mass is 374 g/mol. The van der Waals surface area contributed by atoms with Gasteiger partial charge in [0, 0.05) is 43.2 Å². The first-order valence-corrected chi connectivity index (χ1v) is 9.20. The van der Waals surface area contributed by atoms with Gasteiger partial charge in [-0.3, -0.25) is 14.7 Å². The quantitative estimate of drug-likeness (QED) is 0.894. The van der Waals surface area contributed by atoms with Crippen molar-refractivity contribution in [2.24, 2.45) is 5.92 Å². The smallest absolute Gasteiger partial charge is 0.257 e. The number of rotatable bonds is 4. The Balaban J connectivity index is 1.67. The van der Waals surface area contributed by atoms with E-state index in [1.165, 1.54) is 0 Å². The third-order valence-corrected chi connectivity index (χ3v) is 4.76. The van der Waals surface area contributed by atoms with Crippen LogP contribution in [0.3, 0.4) is 0 Å². The van der Waals surface area contributed by atoms with Crippen LogP contribution in [0.5, 0.6) is 0 Å². The number of carbonyl (C=O) groups excluding carboxylic acids is 2. The van der Waals surface area contributed by atoms with Gasteiger partial charge in [-0.05, 0) is 18.1 Å². The zero-order chi connectivity index (χ0) is 18.7. The van der Waals surface area contributed by atoms with Crippen LogP contribution in [0.4, 0.5) is 0 Å². The summed E-state index contributed by atoms with van der Waals surface area (Å²) < 4.78 is 0. The van der Waals surface area contributed by atoms with Crippen molar-refractivity contribution in [2.45, 2.75) is 20.3 Å². The number of halogens is 1. The lowest BCUT2D eigenvalue weighted by Gasteiger charge is -2.35. The number of nitrogens with zero attached hydrogens (tertiary/aromatic N) is 3. The van der Waals surface area contributed by atoms with E-state index < -0.39 is 0 Å². The maximum absolute atomic E-state index is 12.9. The standard InChI is InChI=1S/C19H23ClN4O2/c1-13(2)11-17(25)23-7-9-24(10-8-23)19(26)16-12-21-22-18(16)14-3-5-15(20)6-4-14/h3-6,12-13H,7-11H2,1-2H3,(H,21,22). The van der Waals surface area contributed by atoms with Crippen LogP contribution in [0.15, 0.2) is 30.5 Å². The SMILES string of the molecule is CC(C)CC(=O)N1CCN(C(=O)c2cn[nH]c2-c2ccc(Cl)cc2)CC1. The Morgan fingerprint density at radius 2 is 1.73 bits per heavy atom. The van der Waals surface area contributed by atoms with Gasteiger partial charge in [-0.1, -0.05) is 37.6 Å². The molecule has 0 radical (unpaired) electrons. The first-order valence-electron chi connectivity index (χ1n) is 8.82. The summed E-state index contributed by atoms with van der Waals surface area (Å²) in [7, 11) is 0. The molecule has 0 saturated carbocycles. The highest BCUT2D eigenvalue weighted by Crippen LogP contribution is 2.24. The van der Waals surface area contributed by atoms with Gasteiger partial charge in [0.25, 0.3) is 5.91 Å². The molecule has 1 aliphatic rings. The number of aromatic nitrogens is 2. The number of hydrogen-bond donors (Lipinski definition) is 1. The minimum Gasteiger partial charge on any atom is -0.339 e. The summed E-state index contributed by atoms with van der Waals surface area (Å²) in [6.45, 7) is 6.29. The fourth-order valence-electron chi connectivity index (χ4n) is 3.09. The molecule has 0 spiro atoms. The number of H-pyrrole nitrogens is 1. The highest BCUT2D eigenvalue weighted by Gasteiger charge is 2.27. The molecule has 6 nitrogen and oxygen atoms in total. The Kier molecular flexibility index (Phi) is 5.61. The molecular formula is C19H23ClN4O2. The number of carbonyl (C=O) groups is 2. The molecule has 0 atom stereocenters. The van der Waals surface area contributed by atoms with E-state index in [1.54, 1.807) is 23.2 Å². The number of piperazine rings is 1. The molecule has 26 heavy (non-hydrogen) atoms. The van der Waals surface area contributed by atoms with Crippen molar-refractivity contribution >= 4 is 23.4 Å². The fraction of sp³-hybridized carbons (Fsp3) is 0.421. The predicted octanol–water partition coefficient (Wildman–Crippen LogP) is 3.06. The Morgan fingerprint density at radius 3 is 2.35 bits per heavy atom. The molecule has 1 aliphatic heterocycles. The summed E-state index contributed by atoms with van der Waals surface area (Å²) >= 11 is 5.93. The number of amides is 2. The Labute approximate surface area is 158 Å². The number of aromatic amines is 1. The van der Waals surface area contributed by atoms with Gasteiger partial charge in [-0.15, -0.1) is 0 Å². The van der Waals surface area contributed by atoms with Gasteiger partial charge < -0.3 is 9.80 Å². The second-order valence-corrected chi connectivity index (χ2v) is 7.37. The lowest BCUT2D eigenvalue weighted by molar-refractivity contribution is -0.133. The van der Waals surface area contributed by atoms with Crippen molar-refractivity contribution in [2.75, 3.05) is 26.2 Å². The maximum atomic E-state index is 12.9. The van der Waals surface area contributed by atoms with Crippen LogP contribution in [-0.2, 0) is 4.79 Å². The molecule has 2 heterocycles. The molecule has 1 saturated heterocycles. The van der Waals surface area contributed by atoms with E-state index in [1.807, 2.05) is 30.9 Å². The first-order chi connectivity index (χ1) is 12.5. The van der Waals surface area contributed by atoms with Crippen LogP contribution >= 0.6 is 11.6 Å². The Morgan fingerprint density at radius 1 is 1.12 bits per heavy atom. The molecule has 1 aromatic heterocycles. The summed E-state index contributed by atoms with van der Waals surface area (Å²) in [5.74, 6) is 0.437. The summed E-state index contributed by atoms with van der Waals surface area (Å²) in [4.78, 5) is 28.7. The highest BCUT2D eigenvalue weighted by atomic mass is 35.5. The highest BCUT2D eigenvalue weighted by molar-refractivity contribution is 6.30. The number of hydrogen-bond acceptors (Lipinski definition) is 3. The molecule has 0 bridgehead atoms. The molecule has 1 aromatic carbocycles. The van der Waals surface area contributed by atoms with Gasteiger partial charge in [-0.25, -0.2) is 0 Å². The van der Waals surface area contributed by atoms with Crippen molar-refractivity contribution in [1.29, 1.82) is 0 Å². The topological polar surface area (TPSA) is 69.3 Å². The van der Waals surface area contributed by atoms with Crippen LogP contribution in [0.2, 0.25) is 5.02 Å². The predicted molar refractivity (Wildman–Crippen MR) is 101 cm³/mol. The minimum absolute atomic E-state index is 0.0698. The largest absolute Gasteiger partial charge is 0.339 e. The molecule has 0 aliphatic carbocycles. The zero-order valence-electron chi connectivity index (χ0n) is 15.0. The van der Waals surface area contributed by atoms with Crippen molar-refractivity contribution in [3.8, 4) is 11.3 Å². The summed E-state index contributed by atoms with van der Waals surface area (Å²) in [5, 5.41) is 7.59.